The van der Waals surface area contributed by atoms with E-state index in [9.17, 15) is 26.3 Å². The quantitative estimate of drug-likeness (QED) is 0.410. The third-order valence-electron chi connectivity index (χ3n) is 1.73. The first-order chi connectivity index (χ1) is 7.14. The summed E-state index contributed by atoms with van der Waals surface area (Å²) in [5.74, 6) is 3.18. The standard InChI is InChI=1S/C9H5F6S/c1-16-7-3-5(8(10,11)12)2-6(4-7)9(13,14)15/h2-4H,1H2/q+1. The normalized spacial score (nSPS) is 12.6. The molecule has 0 nitrogen and oxygen atoms in total. The van der Waals surface area contributed by atoms with Crippen LogP contribution in [0.15, 0.2) is 23.1 Å². The molecular weight excluding hydrogens is 254 g/mol. The zero-order valence-electron chi connectivity index (χ0n) is 7.62. The molecule has 16 heavy (non-hydrogen) atoms. The fourth-order valence-electron chi connectivity index (χ4n) is 1.01. The van der Waals surface area contributed by atoms with E-state index in [2.05, 4.69) is 5.87 Å². The van der Waals surface area contributed by atoms with E-state index in [1.807, 2.05) is 0 Å². The van der Waals surface area contributed by atoms with Crippen LogP contribution in [0.1, 0.15) is 11.1 Å². The number of alkyl halides is 6. The molecule has 0 aliphatic heterocycles. The maximum Gasteiger partial charge on any atom is 0.416 e. The number of halogens is 6. The maximum absolute atomic E-state index is 12.3. The number of hydrogen-bond donors (Lipinski definition) is 0. The second kappa shape index (κ2) is 4.04. The van der Waals surface area contributed by atoms with Gasteiger partial charge >= 0.3 is 12.4 Å². The maximum atomic E-state index is 12.3. The first-order valence-electron chi connectivity index (χ1n) is 3.86. The SMILES string of the molecule is C=[S+]c1cc(C(F)(F)F)cc(C(F)(F)F)c1. The van der Waals surface area contributed by atoms with Gasteiger partial charge in [-0.25, -0.2) is 0 Å². The first kappa shape index (κ1) is 13.0. The lowest BCUT2D eigenvalue weighted by molar-refractivity contribution is -0.143. The summed E-state index contributed by atoms with van der Waals surface area (Å²) in [4.78, 5) is -0.179. The summed E-state index contributed by atoms with van der Waals surface area (Å²) >= 11 is 0.579. The molecule has 0 radical (unpaired) electrons. The van der Waals surface area contributed by atoms with Crippen LogP contribution in [0.2, 0.25) is 0 Å². The van der Waals surface area contributed by atoms with Gasteiger partial charge in [-0.3, -0.25) is 0 Å². The smallest absolute Gasteiger partial charge is 0.166 e. The molecule has 1 aromatic carbocycles. The lowest BCUT2D eigenvalue weighted by Gasteiger charge is -2.10. The van der Waals surface area contributed by atoms with Gasteiger partial charge in [0, 0.05) is 12.1 Å². The topological polar surface area (TPSA) is 0 Å². The molecule has 0 fully saturated rings. The summed E-state index contributed by atoms with van der Waals surface area (Å²) in [5.41, 5.74) is -2.65. The van der Waals surface area contributed by atoms with Gasteiger partial charge < -0.3 is 0 Å². The largest absolute Gasteiger partial charge is 0.416 e. The average Bonchev–Trinajstić information content (AvgIpc) is 2.14. The summed E-state index contributed by atoms with van der Waals surface area (Å²) in [6.45, 7) is 0. The van der Waals surface area contributed by atoms with Gasteiger partial charge in [-0.2, -0.15) is 26.3 Å². The molecule has 0 aliphatic rings. The van der Waals surface area contributed by atoms with E-state index in [0.29, 0.717) is 23.5 Å². The highest BCUT2D eigenvalue weighted by Crippen LogP contribution is 2.36. The second-order valence-corrected chi connectivity index (χ2v) is 3.65. The van der Waals surface area contributed by atoms with E-state index >= 15 is 0 Å². The van der Waals surface area contributed by atoms with Crippen molar-refractivity contribution in [2.24, 2.45) is 0 Å². The molecule has 1 rings (SSSR count). The molecule has 7 heteroatoms. The summed E-state index contributed by atoms with van der Waals surface area (Å²) in [5, 5.41) is 0. The van der Waals surface area contributed by atoms with Crippen LogP contribution in [0.3, 0.4) is 0 Å². The van der Waals surface area contributed by atoms with Gasteiger partial charge in [0.05, 0.1) is 11.1 Å². The van der Waals surface area contributed by atoms with Gasteiger partial charge in [0.25, 0.3) is 0 Å². The molecule has 0 amide bonds. The van der Waals surface area contributed by atoms with Crippen molar-refractivity contribution < 1.29 is 26.3 Å². The van der Waals surface area contributed by atoms with Gasteiger partial charge in [0.1, 0.15) is 0 Å². The number of rotatable bonds is 1. The zero-order valence-corrected chi connectivity index (χ0v) is 8.43. The van der Waals surface area contributed by atoms with Crippen LogP contribution in [0.5, 0.6) is 0 Å². The third kappa shape index (κ3) is 2.94. The van der Waals surface area contributed by atoms with Gasteiger partial charge in [-0.1, -0.05) is 0 Å². The van der Waals surface area contributed by atoms with Crippen LogP contribution >= 0.6 is 0 Å². The van der Waals surface area contributed by atoms with Crippen molar-refractivity contribution in [3.05, 3.63) is 29.3 Å². The fourth-order valence-corrected chi connectivity index (χ4v) is 1.43. The Bertz CT molecular complexity index is 371. The summed E-state index contributed by atoms with van der Waals surface area (Å²) in [6, 6.07) is 1.35. The van der Waals surface area contributed by atoms with E-state index in [4.69, 9.17) is 0 Å². The Morgan fingerprint density at radius 1 is 0.812 bits per heavy atom. The van der Waals surface area contributed by atoms with Crippen molar-refractivity contribution in [1.82, 2.24) is 0 Å². The van der Waals surface area contributed by atoms with E-state index in [-0.39, 0.29) is 11.0 Å². The van der Waals surface area contributed by atoms with Crippen LogP contribution in [0.4, 0.5) is 26.3 Å². The van der Waals surface area contributed by atoms with Gasteiger partial charge in [-0.15, -0.1) is 0 Å². The molecule has 0 saturated carbocycles. The van der Waals surface area contributed by atoms with Crippen LogP contribution in [-0.2, 0) is 23.7 Å². The minimum atomic E-state index is -4.80. The van der Waals surface area contributed by atoms with Crippen LogP contribution in [-0.4, -0.2) is 5.87 Å². The second-order valence-electron chi connectivity index (χ2n) is 2.89. The van der Waals surface area contributed by atoms with Gasteiger partial charge in [0.15, 0.2) is 5.87 Å². The minimum absolute atomic E-state index is 0.0831. The minimum Gasteiger partial charge on any atom is -0.166 e. The van der Waals surface area contributed by atoms with Crippen molar-refractivity contribution in [3.8, 4) is 0 Å². The first-order valence-corrected chi connectivity index (χ1v) is 4.84. The molecule has 0 saturated heterocycles. The Morgan fingerprint density at radius 3 is 1.44 bits per heavy atom. The summed E-state index contributed by atoms with van der Waals surface area (Å²) in [7, 11) is 0. The van der Waals surface area contributed by atoms with E-state index < -0.39 is 23.5 Å². The van der Waals surface area contributed by atoms with E-state index in [1.165, 1.54) is 0 Å². The predicted molar refractivity (Wildman–Crippen MR) is 49.2 cm³/mol. The molecule has 0 bridgehead atoms. The van der Waals surface area contributed by atoms with E-state index in [0.717, 1.165) is 0 Å². The molecule has 0 atom stereocenters. The molecule has 0 heterocycles. The monoisotopic (exact) mass is 259 g/mol. The van der Waals surface area contributed by atoms with Crippen LogP contribution < -0.4 is 0 Å². The van der Waals surface area contributed by atoms with Gasteiger partial charge in [0.2, 0.25) is 16.2 Å². The Kier molecular flexibility index (Phi) is 3.27. The third-order valence-corrected chi connectivity index (χ3v) is 2.30. The van der Waals surface area contributed by atoms with Gasteiger partial charge in [-0.05, 0) is 6.07 Å². The Morgan fingerprint density at radius 2 is 1.19 bits per heavy atom. The molecular formula is C9H5F6S+. The Hall–Kier alpha value is -1.11. The number of benzene rings is 1. The molecule has 1 aromatic rings. The number of hydrogen-bond acceptors (Lipinski definition) is 0. The predicted octanol–water partition coefficient (Wildman–Crippen LogP) is 3.60. The molecule has 0 aromatic heterocycles. The van der Waals surface area contributed by atoms with Crippen molar-refractivity contribution in [1.29, 1.82) is 0 Å². The highest BCUT2D eigenvalue weighted by Gasteiger charge is 2.37. The fraction of sp³-hybridized carbons (Fsp3) is 0.222. The van der Waals surface area contributed by atoms with Crippen LogP contribution in [0, 0.1) is 0 Å². The van der Waals surface area contributed by atoms with Crippen molar-refractivity contribution >= 4 is 17.2 Å². The summed E-state index contributed by atoms with van der Waals surface area (Å²) < 4.78 is 73.7. The van der Waals surface area contributed by atoms with Crippen molar-refractivity contribution in [2.45, 2.75) is 17.2 Å². The van der Waals surface area contributed by atoms with Crippen molar-refractivity contribution in [2.75, 3.05) is 0 Å². The molecule has 0 aliphatic carbocycles. The molecule has 0 N–H and O–H groups in total. The zero-order chi connectivity index (χ0) is 12.6. The highest BCUT2D eigenvalue weighted by molar-refractivity contribution is 7.76. The average molecular weight is 259 g/mol. The molecule has 0 spiro atoms. The van der Waals surface area contributed by atoms with Crippen molar-refractivity contribution in [3.63, 3.8) is 0 Å². The molecule has 88 valence electrons. The lowest BCUT2D eigenvalue weighted by atomic mass is 10.1. The Labute approximate surface area is 90.8 Å². The lowest BCUT2D eigenvalue weighted by Crippen LogP contribution is -2.11. The molecule has 0 unspecified atom stereocenters. The van der Waals surface area contributed by atoms with E-state index in [1.54, 1.807) is 0 Å². The highest BCUT2D eigenvalue weighted by atomic mass is 32.1. The Balaban J connectivity index is 3.39. The van der Waals surface area contributed by atoms with Crippen LogP contribution in [0.25, 0.3) is 0 Å². The summed E-state index contributed by atoms with van der Waals surface area (Å²) in [6.07, 6.45) is -9.60.